The van der Waals surface area contributed by atoms with Crippen molar-refractivity contribution in [2.24, 2.45) is 0 Å². The van der Waals surface area contributed by atoms with E-state index in [1.54, 1.807) is 13.8 Å². The Kier molecular flexibility index (Phi) is 2.19. The van der Waals surface area contributed by atoms with Crippen LogP contribution in [0.1, 0.15) is 13.8 Å². The lowest BCUT2D eigenvalue weighted by atomic mass is 9.97. The van der Waals surface area contributed by atoms with Gasteiger partial charge in [-0.1, -0.05) is 0 Å². The van der Waals surface area contributed by atoms with Crippen molar-refractivity contribution in [3.8, 4) is 0 Å². The van der Waals surface area contributed by atoms with E-state index in [0.717, 1.165) is 0 Å². The summed E-state index contributed by atoms with van der Waals surface area (Å²) in [5, 5.41) is 12.7. The summed E-state index contributed by atoms with van der Waals surface area (Å²) < 4.78 is 21.7. The van der Waals surface area contributed by atoms with Gasteiger partial charge < -0.3 is 29.4 Å². The average Bonchev–Trinajstić information content (AvgIpc) is 2.75. The summed E-state index contributed by atoms with van der Waals surface area (Å²) >= 11 is 0. The summed E-state index contributed by atoms with van der Waals surface area (Å²) in [7, 11) is 0. The Morgan fingerprint density at radius 1 is 1.41 bits per heavy atom. The number of carbonyl (C=O) groups is 1. The van der Waals surface area contributed by atoms with Crippen LogP contribution in [0.25, 0.3) is 0 Å². The monoisotopic (exact) mass is 245 g/mol. The van der Waals surface area contributed by atoms with E-state index in [-0.39, 0.29) is 19.3 Å². The van der Waals surface area contributed by atoms with E-state index in [9.17, 15) is 9.90 Å². The Morgan fingerprint density at radius 2 is 2.18 bits per heavy atom. The van der Waals surface area contributed by atoms with E-state index in [1.807, 2.05) is 0 Å². The largest absolute Gasteiger partial charge is 0.412 e. The number of alkyl carbamates (subject to hydrolysis) is 1. The van der Waals surface area contributed by atoms with Crippen LogP contribution < -0.4 is 5.32 Å². The third kappa shape index (κ3) is 1.61. The highest BCUT2D eigenvalue weighted by Gasteiger charge is 2.61. The average molecular weight is 245 g/mol. The highest BCUT2D eigenvalue weighted by Crippen LogP contribution is 2.39. The fourth-order valence-corrected chi connectivity index (χ4v) is 2.49. The molecule has 3 saturated heterocycles. The van der Waals surface area contributed by atoms with Gasteiger partial charge in [-0.15, -0.1) is 0 Å². The third-order valence-electron chi connectivity index (χ3n) is 3.22. The minimum absolute atomic E-state index is 0.111. The molecule has 0 aromatic carbocycles. The fraction of sp³-hybridized carbons (Fsp3) is 0.900. The van der Waals surface area contributed by atoms with Crippen molar-refractivity contribution < 1.29 is 28.8 Å². The van der Waals surface area contributed by atoms with E-state index in [4.69, 9.17) is 18.9 Å². The highest BCUT2D eigenvalue weighted by atomic mass is 16.8. The smallest absolute Gasteiger partial charge is 0.410 e. The van der Waals surface area contributed by atoms with Crippen LogP contribution in [0.4, 0.5) is 4.79 Å². The summed E-state index contributed by atoms with van der Waals surface area (Å²) in [5.74, 6) is -2.11. The summed E-state index contributed by atoms with van der Waals surface area (Å²) in [5.41, 5.74) is 0. The molecule has 0 bridgehead atoms. The summed E-state index contributed by atoms with van der Waals surface area (Å²) in [6.07, 6.45) is -2.56. The van der Waals surface area contributed by atoms with Crippen molar-refractivity contribution in [2.45, 2.75) is 43.7 Å². The zero-order valence-corrected chi connectivity index (χ0v) is 9.63. The fourth-order valence-electron chi connectivity index (χ4n) is 2.49. The molecule has 1 amide bonds. The van der Waals surface area contributed by atoms with Crippen molar-refractivity contribution in [3.63, 3.8) is 0 Å². The number of amides is 1. The van der Waals surface area contributed by atoms with Crippen molar-refractivity contribution in [1.82, 2.24) is 5.32 Å². The van der Waals surface area contributed by atoms with Gasteiger partial charge in [-0.2, -0.15) is 0 Å². The maximum Gasteiger partial charge on any atom is 0.410 e. The lowest BCUT2D eigenvalue weighted by molar-refractivity contribution is -0.286. The molecule has 3 aliphatic heterocycles. The Bertz CT molecular complexity index is 359. The van der Waals surface area contributed by atoms with Gasteiger partial charge in [0.2, 0.25) is 0 Å². The zero-order chi connectivity index (χ0) is 12.3. The van der Waals surface area contributed by atoms with Gasteiger partial charge in [0.05, 0.1) is 13.2 Å². The SMILES string of the molecule is CC1(C)OC2[C@@H](CO[C@]3(CNC(=O)O3)[C@H]2O)O1. The molecule has 0 radical (unpaired) electrons. The quantitative estimate of drug-likeness (QED) is 0.589. The Hall–Kier alpha value is -0.890. The maximum absolute atomic E-state index is 11.1. The second kappa shape index (κ2) is 3.32. The molecule has 1 unspecified atom stereocenters. The molecule has 17 heavy (non-hydrogen) atoms. The number of hydrogen-bond donors (Lipinski definition) is 2. The number of nitrogens with one attached hydrogen (secondary N) is 1. The molecule has 3 aliphatic rings. The minimum Gasteiger partial charge on any atom is -0.412 e. The van der Waals surface area contributed by atoms with Crippen LogP contribution in [0.15, 0.2) is 0 Å². The van der Waals surface area contributed by atoms with Crippen LogP contribution >= 0.6 is 0 Å². The number of carbonyl (C=O) groups excluding carboxylic acids is 1. The van der Waals surface area contributed by atoms with Gasteiger partial charge in [0.15, 0.2) is 11.9 Å². The first-order valence-electron chi connectivity index (χ1n) is 5.56. The lowest BCUT2D eigenvalue weighted by Crippen LogP contribution is -2.61. The molecule has 96 valence electrons. The molecule has 0 aromatic rings. The van der Waals surface area contributed by atoms with Gasteiger partial charge in [-0.05, 0) is 13.8 Å². The number of rotatable bonds is 0. The van der Waals surface area contributed by atoms with E-state index in [0.29, 0.717) is 0 Å². The summed E-state index contributed by atoms with van der Waals surface area (Å²) in [6, 6.07) is 0. The topological polar surface area (TPSA) is 86.3 Å². The zero-order valence-electron chi connectivity index (χ0n) is 9.63. The van der Waals surface area contributed by atoms with Crippen LogP contribution in [0.5, 0.6) is 0 Å². The predicted molar refractivity (Wildman–Crippen MR) is 53.0 cm³/mol. The molecule has 4 atom stereocenters. The molecule has 1 spiro atoms. The molecule has 0 aromatic heterocycles. The summed E-state index contributed by atoms with van der Waals surface area (Å²) in [4.78, 5) is 11.1. The lowest BCUT2D eigenvalue weighted by Gasteiger charge is -2.39. The molecule has 3 rings (SSSR count). The summed E-state index contributed by atoms with van der Waals surface area (Å²) in [6.45, 7) is 3.87. The van der Waals surface area contributed by atoms with Crippen LogP contribution in [-0.2, 0) is 18.9 Å². The van der Waals surface area contributed by atoms with Gasteiger partial charge in [0.1, 0.15) is 12.2 Å². The van der Waals surface area contributed by atoms with E-state index < -0.39 is 29.9 Å². The van der Waals surface area contributed by atoms with Gasteiger partial charge in [-0.25, -0.2) is 4.79 Å². The van der Waals surface area contributed by atoms with Crippen molar-refractivity contribution in [2.75, 3.05) is 13.2 Å². The number of aliphatic hydroxyl groups is 1. The first-order valence-corrected chi connectivity index (χ1v) is 5.56. The first kappa shape index (κ1) is 11.2. The number of hydrogen-bond acceptors (Lipinski definition) is 6. The van der Waals surface area contributed by atoms with E-state index in [2.05, 4.69) is 5.32 Å². The van der Waals surface area contributed by atoms with E-state index >= 15 is 0 Å². The van der Waals surface area contributed by atoms with Crippen LogP contribution in [-0.4, -0.2) is 54.2 Å². The molecule has 7 heteroatoms. The van der Waals surface area contributed by atoms with Crippen LogP contribution in [0.2, 0.25) is 0 Å². The van der Waals surface area contributed by atoms with Gasteiger partial charge >= 0.3 is 6.09 Å². The molecular formula is C10H15NO6. The number of fused-ring (bicyclic) bond motifs is 1. The van der Waals surface area contributed by atoms with Gasteiger partial charge in [0.25, 0.3) is 5.79 Å². The van der Waals surface area contributed by atoms with Gasteiger partial charge in [-0.3, -0.25) is 0 Å². The number of ether oxygens (including phenoxy) is 4. The highest BCUT2D eigenvalue weighted by molar-refractivity contribution is 5.70. The van der Waals surface area contributed by atoms with E-state index in [1.165, 1.54) is 0 Å². The second-order valence-corrected chi connectivity index (χ2v) is 4.95. The molecule has 0 aliphatic carbocycles. The molecule has 0 saturated carbocycles. The maximum atomic E-state index is 11.1. The molecule has 2 N–H and O–H groups in total. The van der Waals surface area contributed by atoms with Crippen LogP contribution in [0.3, 0.4) is 0 Å². The predicted octanol–water partition coefficient (Wildman–Crippen LogP) is -0.666. The number of aliphatic hydroxyl groups excluding tert-OH is 1. The Labute approximate surface area is 98.0 Å². The van der Waals surface area contributed by atoms with Crippen molar-refractivity contribution >= 4 is 6.09 Å². The molecule has 3 heterocycles. The Balaban J connectivity index is 1.83. The minimum atomic E-state index is -1.35. The third-order valence-corrected chi connectivity index (χ3v) is 3.22. The Morgan fingerprint density at radius 3 is 2.82 bits per heavy atom. The van der Waals surface area contributed by atoms with Crippen LogP contribution in [0, 0.1) is 0 Å². The first-order chi connectivity index (χ1) is 7.92. The second-order valence-electron chi connectivity index (χ2n) is 4.95. The molecule has 7 nitrogen and oxygen atoms in total. The van der Waals surface area contributed by atoms with Crippen molar-refractivity contribution in [3.05, 3.63) is 0 Å². The van der Waals surface area contributed by atoms with Gasteiger partial charge in [0, 0.05) is 0 Å². The normalized spacial score (nSPS) is 47.7. The van der Waals surface area contributed by atoms with Crippen molar-refractivity contribution in [1.29, 1.82) is 0 Å². The molecular weight excluding hydrogens is 230 g/mol. The standard InChI is InChI=1S/C10H15NO6/c1-9(2)15-5-3-14-10(4-11-8(13)17-10)7(12)6(5)16-9/h5-7,12H,3-4H2,1-2H3,(H,11,13)/t5-,6?,7+,10+/m1/s1. The molecule has 3 fully saturated rings.